The highest BCUT2D eigenvalue weighted by Gasteiger charge is 2.23. The van der Waals surface area contributed by atoms with Crippen molar-refractivity contribution in [2.45, 2.75) is 13.0 Å². The number of aromatic amines is 1. The summed E-state index contributed by atoms with van der Waals surface area (Å²) in [5.41, 5.74) is -0.315. The van der Waals surface area contributed by atoms with Crippen LogP contribution in [0.4, 0.5) is 19.0 Å². The van der Waals surface area contributed by atoms with Gasteiger partial charge < -0.3 is 10.3 Å². The average Bonchev–Trinajstić information content (AvgIpc) is 3.25. The maximum absolute atomic E-state index is 14.7. The summed E-state index contributed by atoms with van der Waals surface area (Å²) in [6.07, 6.45) is 2.76. The summed E-state index contributed by atoms with van der Waals surface area (Å²) in [7, 11) is 0. The molecule has 5 aromatic rings. The Balaban J connectivity index is 1.75. The van der Waals surface area contributed by atoms with Crippen molar-refractivity contribution in [1.82, 2.24) is 29.5 Å². The quantitative estimate of drug-likeness (QED) is 0.445. The number of imidazole rings is 1. The molecule has 0 saturated heterocycles. The van der Waals surface area contributed by atoms with E-state index in [0.29, 0.717) is 17.0 Å². The predicted octanol–water partition coefficient (Wildman–Crippen LogP) is 3.64. The molecule has 1 atom stereocenters. The molecule has 11 heteroatoms. The van der Waals surface area contributed by atoms with Crippen LogP contribution < -0.4 is 10.9 Å². The van der Waals surface area contributed by atoms with Crippen molar-refractivity contribution in [3.05, 3.63) is 82.7 Å². The lowest BCUT2D eigenvalue weighted by Crippen LogP contribution is -2.29. The minimum atomic E-state index is -0.963. The summed E-state index contributed by atoms with van der Waals surface area (Å²) in [5.74, 6) is -2.26. The van der Waals surface area contributed by atoms with Crippen molar-refractivity contribution in [2.24, 2.45) is 0 Å². The molecular formula is C21H14F3N7O. The van der Waals surface area contributed by atoms with E-state index in [4.69, 9.17) is 0 Å². The van der Waals surface area contributed by atoms with Crippen molar-refractivity contribution in [3.8, 4) is 5.69 Å². The fourth-order valence-electron chi connectivity index (χ4n) is 3.52. The van der Waals surface area contributed by atoms with Gasteiger partial charge in [0.15, 0.2) is 11.5 Å². The van der Waals surface area contributed by atoms with Gasteiger partial charge in [-0.05, 0) is 37.3 Å². The van der Waals surface area contributed by atoms with E-state index in [2.05, 4.69) is 30.2 Å². The van der Waals surface area contributed by atoms with Crippen LogP contribution in [0.2, 0.25) is 0 Å². The minimum Gasteiger partial charge on any atom is -0.358 e. The number of para-hydroxylation sites is 1. The second-order valence-corrected chi connectivity index (χ2v) is 7.03. The molecule has 0 radical (unpaired) electrons. The highest BCUT2D eigenvalue weighted by atomic mass is 19.1. The lowest BCUT2D eigenvalue weighted by atomic mass is 10.2. The highest BCUT2D eigenvalue weighted by Crippen LogP contribution is 2.26. The maximum Gasteiger partial charge on any atom is 0.266 e. The zero-order chi connectivity index (χ0) is 22.4. The van der Waals surface area contributed by atoms with E-state index in [9.17, 15) is 18.0 Å². The number of halogens is 3. The molecule has 3 heterocycles. The lowest BCUT2D eigenvalue weighted by Gasteiger charge is -2.20. The first kappa shape index (κ1) is 19.7. The van der Waals surface area contributed by atoms with Crippen LogP contribution in [0.1, 0.15) is 18.8 Å². The van der Waals surface area contributed by atoms with Gasteiger partial charge in [0.05, 0.1) is 23.3 Å². The van der Waals surface area contributed by atoms with Crippen molar-refractivity contribution in [1.29, 1.82) is 0 Å². The van der Waals surface area contributed by atoms with Crippen LogP contribution in [-0.2, 0) is 0 Å². The monoisotopic (exact) mass is 437 g/mol. The smallest absolute Gasteiger partial charge is 0.266 e. The van der Waals surface area contributed by atoms with Crippen molar-refractivity contribution < 1.29 is 13.2 Å². The van der Waals surface area contributed by atoms with Crippen LogP contribution in [-0.4, -0.2) is 29.5 Å². The Labute approximate surface area is 177 Å². The summed E-state index contributed by atoms with van der Waals surface area (Å²) >= 11 is 0. The molecule has 160 valence electrons. The molecule has 1 unspecified atom stereocenters. The number of benzene rings is 2. The van der Waals surface area contributed by atoms with E-state index in [1.54, 1.807) is 6.92 Å². The number of aromatic nitrogens is 6. The number of rotatable bonds is 4. The third kappa shape index (κ3) is 3.14. The lowest BCUT2D eigenvalue weighted by molar-refractivity contribution is 0.557. The number of fused-ring (bicyclic) bond motifs is 2. The summed E-state index contributed by atoms with van der Waals surface area (Å²) in [6, 6.07) is 5.96. The molecule has 0 fully saturated rings. The summed E-state index contributed by atoms with van der Waals surface area (Å²) in [4.78, 5) is 32.9. The zero-order valence-electron chi connectivity index (χ0n) is 16.5. The average molecular weight is 437 g/mol. The number of nitrogens with one attached hydrogen (secondary N) is 2. The number of hydrogen-bond acceptors (Lipinski definition) is 6. The molecule has 5 rings (SSSR count). The van der Waals surface area contributed by atoms with Gasteiger partial charge in [-0.3, -0.25) is 9.36 Å². The maximum atomic E-state index is 14.7. The second kappa shape index (κ2) is 7.45. The predicted molar refractivity (Wildman–Crippen MR) is 111 cm³/mol. The van der Waals surface area contributed by atoms with E-state index >= 15 is 0 Å². The Hall–Kier alpha value is -4.28. The van der Waals surface area contributed by atoms with Gasteiger partial charge in [0.2, 0.25) is 0 Å². The Kier molecular flexibility index (Phi) is 4.58. The molecular weight excluding hydrogens is 423 g/mol. The first-order valence-corrected chi connectivity index (χ1v) is 9.51. The van der Waals surface area contributed by atoms with Crippen molar-refractivity contribution in [2.75, 3.05) is 5.32 Å². The van der Waals surface area contributed by atoms with E-state index < -0.39 is 34.7 Å². The second-order valence-electron chi connectivity index (χ2n) is 7.03. The third-order valence-electron chi connectivity index (χ3n) is 4.98. The van der Waals surface area contributed by atoms with Crippen molar-refractivity contribution in [3.63, 3.8) is 0 Å². The Bertz CT molecular complexity index is 1530. The van der Waals surface area contributed by atoms with Gasteiger partial charge in [-0.15, -0.1) is 0 Å². The van der Waals surface area contributed by atoms with Gasteiger partial charge in [0.25, 0.3) is 5.56 Å². The van der Waals surface area contributed by atoms with Crippen LogP contribution >= 0.6 is 0 Å². The van der Waals surface area contributed by atoms with E-state index in [1.165, 1.54) is 24.8 Å². The van der Waals surface area contributed by atoms with Crippen LogP contribution in [0.15, 0.2) is 53.8 Å². The molecule has 0 saturated carbocycles. The topological polar surface area (TPSA) is 101 Å². The summed E-state index contributed by atoms with van der Waals surface area (Å²) in [6.45, 7) is 1.65. The zero-order valence-corrected chi connectivity index (χ0v) is 16.5. The normalized spacial score (nSPS) is 12.4. The fraction of sp³-hybridized carbons (Fsp3) is 0.0952. The van der Waals surface area contributed by atoms with Gasteiger partial charge in [-0.2, -0.15) is 0 Å². The molecule has 2 N–H and O–H groups in total. The highest BCUT2D eigenvalue weighted by molar-refractivity contribution is 5.82. The number of nitrogens with zero attached hydrogens (tertiary/aromatic N) is 5. The number of hydrogen-bond donors (Lipinski definition) is 2. The van der Waals surface area contributed by atoms with Crippen LogP contribution in [0.5, 0.6) is 0 Å². The summed E-state index contributed by atoms with van der Waals surface area (Å²) in [5, 5.41) is 2.95. The van der Waals surface area contributed by atoms with Gasteiger partial charge in [-0.1, -0.05) is 6.07 Å². The Morgan fingerprint density at radius 3 is 2.62 bits per heavy atom. The molecule has 0 aliphatic carbocycles. The molecule has 0 bridgehead atoms. The molecule has 32 heavy (non-hydrogen) atoms. The molecule has 0 amide bonds. The van der Waals surface area contributed by atoms with Crippen LogP contribution in [0.25, 0.3) is 27.8 Å². The van der Waals surface area contributed by atoms with Crippen LogP contribution in [0, 0.1) is 17.5 Å². The Morgan fingerprint density at radius 1 is 1.06 bits per heavy atom. The van der Waals surface area contributed by atoms with Crippen molar-refractivity contribution >= 4 is 27.9 Å². The standard InChI is InChI=1S/C21H14F3N7O/c1-10(29-19-16-18(26-8-25-16)27-9-28-19)20-30-15-6-5-11(22)7-12(15)21(32)31(20)17-13(23)3-2-4-14(17)24/h2-10H,1H3,(H2,25,26,27,28,29). The number of H-pyrrole nitrogens is 1. The van der Waals surface area contributed by atoms with Gasteiger partial charge in [0.1, 0.15) is 40.8 Å². The molecule has 3 aromatic heterocycles. The van der Waals surface area contributed by atoms with Gasteiger partial charge in [-0.25, -0.2) is 33.1 Å². The molecule has 8 nitrogen and oxygen atoms in total. The Morgan fingerprint density at radius 2 is 1.84 bits per heavy atom. The first-order chi connectivity index (χ1) is 15.4. The van der Waals surface area contributed by atoms with Gasteiger partial charge >= 0.3 is 0 Å². The number of anilines is 1. The van der Waals surface area contributed by atoms with Crippen LogP contribution in [0.3, 0.4) is 0 Å². The summed E-state index contributed by atoms with van der Waals surface area (Å²) < 4.78 is 44.0. The molecule has 0 aliphatic rings. The molecule has 0 spiro atoms. The molecule has 2 aromatic carbocycles. The fourth-order valence-corrected chi connectivity index (χ4v) is 3.52. The minimum absolute atomic E-state index is 0.000376. The van der Waals surface area contributed by atoms with E-state index in [1.807, 2.05) is 0 Å². The largest absolute Gasteiger partial charge is 0.358 e. The third-order valence-corrected chi connectivity index (χ3v) is 4.98. The SMILES string of the molecule is CC(Nc1ncnc2[nH]cnc12)c1nc2ccc(F)cc2c(=O)n1-c1c(F)cccc1F. The van der Waals surface area contributed by atoms with E-state index in [0.717, 1.165) is 28.8 Å². The van der Waals surface area contributed by atoms with Gasteiger partial charge in [0, 0.05) is 0 Å². The van der Waals surface area contributed by atoms with E-state index in [-0.39, 0.29) is 16.7 Å². The first-order valence-electron chi connectivity index (χ1n) is 9.51. The molecule has 0 aliphatic heterocycles.